The molecule has 0 radical (unpaired) electrons. The molecule has 4 heteroatoms. The normalized spacial score (nSPS) is 11.2. The van der Waals surface area contributed by atoms with Gasteiger partial charge in [0.1, 0.15) is 0 Å². The summed E-state index contributed by atoms with van der Waals surface area (Å²) in [5.41, 5.74) is 13.0. The third-order valence-corrected chi connectivity index (χ3v) is 6.96. The predicted octanol–water partition coefficient (Wildman–Crippen LogP) is 8.70. The molecule has 0 atom stereocenters. The highest BCUT2D eigenvalue weighted by Gasteiger charge is 2.20. The molecule has 0 spiro atoms. The quantitative estimate of drug-likeness (QED) is 0.252. The minimum absolute atomic E-state index is 0.711. The van der Waals surface area contributed by atoms with Crippen LogP contribution in [0.1, 0.15) is 22.3 Å². The Hall–Kier alpha value is -4.70. The number of nitrogens with one attached hydrogen (secondary N) is 2. The molecule has 4 aromatic carbocycles. The second kappa shape index (κ2) is 9.64. The first-order chi connectivity index (χ1) is 18.4. The van der Waals surface area contributed by atoms with E-state index < -0.39 is 0 Å². The van der Waals surface area contributed by atoms with E-state index in [4.69, 9.17) is 9.97 Å². The minimum Gasteiger partial charge on any atom is -0.335 e. The van der Waals surface area contributed by atoms with E-state index >= 15 is 0 Å². The van der Waals surface area contributed by atoms with E-state index in [0.717, 1.165) is 45.0 Å². The van der Waals surface area contributed by atoms with Crippen LogP contribution in [0.25, 0.3) is 56.7 Å². The van der Waals surface area contributed by atoms with Crippen LogP contribution in [0.3, 0.4) is 0 Å². The first kappa shape index (κ1) is 23.7. The van der Waals surface area contributed by atoms with Gasteiger partial charge in [0.2, 0.25) is 0 Å². The number of aryl methyl sites for hydroxylation is 4. The molecular formula is C34H30N4. The molecule has 0 saturated carbocycles. The van der Waals surface area contributed by atoms with E-state index in [2.05, 4.69) is 135 Å². The monoisotopic (exact) mass is 494 g/mol. The van der Waals surface area contributed by atoms with Crippen LogP contribution in [0, 0.1) is 27.7 Å². The van der Waals surface area contributed by atoms with Gasteiger partial charge in [-0.15, -0.1) is 0 Å². The van der Waals surface area contributed by atoms with Crippen LogP contribution in [0.4, 0.5) is 0 Å². The number of H-pyrrole nitrogens is 2. The van der Waals surface area contributed by atoms with Crippen LogP contribution >= 0.6 is 0 Å². The molecule has 0 amide bonds. The molecule has 2 N–H and O–H groups in total. The molecule has 0 fully saturated rings. The zero-order valence-corrected chi connectivity index (χ0v) is 22.1. The van der Waals surface area contributed by atoms with Gasteiger partial charge in [-0.25, -0.2) is 9.97 Å². The SMILES string of the molecule is Cc1ccc(-c2nc(-c3nc(-c4ccc(C)cc4)c(-c4ccc(C)cc4)[nH]3)[nH]c2-c2ccc(C)cc2)cc1. The number of hydrogen-bond donors (Lipinski definition) is 2. The second-order valence-electron chi connectivity index (χ2n) is 10.1. The van der Waals surface area contributed by atoms with Crippen LogP contribution in [-0.4, -0.2) is 19.9 Å². The highest BCUT2D eigenvalue weighted by atomic mass is 15.0. The average Bonchev–Trinajstić information content (AvgIpc) is 3.56. The van der Waals surface area contributed by atoms with Crippen molar-refractivity contribution in [3.05, 3.63) is 119 Å². The molecule has 0 aliphatic heterocycles. The Balaban J connectivity index is 1.53. The van der Waals surface area contributed by atoms with Gasteiger partial charge in [0.05, 0.1) is 22.8 Å². The number of nitrogens with zero attached hydrogens (tertiary/aromatic N) is 2. The van der Waals surface area contributed by atoms with E-state index in [0.29, 0.717) is 11.6 Å². The lowest BCUT2D eigenvalue weighted by atomic mass is 10.0. The molecule has 0 bridgehead atoms. The molecule has 4 nitrogen and oxygen atoms in total. The summed E-state index contributed by atoms with van der Waals surface area (Å²) >= 11 is 0. The van der Waals surface area contributed by atoms with E-state index in [-0.39, 0.29) is 0 Å². The molecular weight excluding hydrogens is 464 g/mol. The Morgan fingerprint density at radius 2 is 0.632 bits per heavy atom. The summed E-state index contributed by atoms with van der Waals surface area (Å²) in [4.78, 5) is 17.4. The van der Waals surface area contributed by atoms with Crippen molar-refractivity contribution in [2.45, 2.75) is 27.7 Å². The summed E-state index contributed by atoms with van der Waals surface area (Å²) in [6.07, 6.45) is 0. The molecule has 186 valence electrons. The number of aromatic amines is 2. The smallest absolute Gasteiger partial charge is 0.174 e. The van der Waals surface area contributed by atoms with Gasteiger partial charge >= 0.3 is 0 Å². The number of benzene rings is 4. The van der Waals surface area contributed by atoms with Gasteiger partial charge < -0.3 is 9.97 Å². The molecule has 0 saturated heterocycles. The molecule has 2 heterocycles. The lowest BCUT2D eigenvalue weighted by Crippen LogP contribution is -1.84. The summed E-state index contributed by atoms with van der Waals surface area (Å²) in [7, 11) is 0. The standard InChI is InChI=1S/C34H30N4/c1-21-5-13-25(14-6-21)29-30(26-15-7-22(2)8-16-26)36-33(35-29)34-37-31(27-17-9-23(3)10-18-27)32(38-34)28-19-11-24(4)12-20-28/h5-20H,1-4H3,(H,35,36)(H,37,38). The van der Waals surface area contributed by atoms with Gasteiger partial charge in [-0.2, -0.15) is 0 Å². The van der Waals surface area contributed by atoms with Gasteiger partial charge in [-0.1, -0.05) is 119 Å². The van der Waals surface area contributed by atoms with Gasteiger partial charge in [0.25, 0.3) is 0 Å². The molecule has 0 aliphatic rings. The first-order valence-corrected chi connectivity index (χ1v) is 12.9. The molecule has 0 unspecified atom stereocenters. The van der Waals surface area contributed by atoms with Crippen molar-refractivity contribution in [1.29, 1.82) is 0 Å². The maximum Gasteiger partial charge on any atom is 0.174 e. The van der Waals surface area contributed by atoms with Crippen molar-refractivity contribution >= 4 is 0 Å². The van der Waals surface area contributed by atoms with Gasteiger partial charge in [-0.05, 0) is 27.7 Å². The fraction of sp³-hybridized carbons (Fsp3) is 0.118. The van der Waals surface area contributed by atoms with Crippen LogP contribution in [-0.2, 0) is 0 Å². The van der Waals surface area contributed by atoms with Crippen LogP contribution in [0.5, 0.6) is 0 Å². The zero-order chi connectivity index (χ0) is 26.2. The van der Waals surface area contributed by atoms with Gasteiger partial charge in [-0.3, -0.25) is 0 Å². The summed E-state index contributed by atoms with van der Waals surface area (Å²) < 4.78 is 0. The maximum atomic E-state index is 5.10. The van der Waals surface area contributed by atoms with Crippen LogP contribution in [0.15, 0.2) is 97.1 Å². The predicted molar refractivity (Wildman–Crippen MR) is 157 cm³/mol. The highest BCUT2D eigenvalue weighted by molar-refractivity contribution is 5.83. The fourth-order valence-corrected chi connectivity index (χ4v) is 4.67. The van der Waals surface area contributed by atoms with Crippen LogP contribution in [0.2, 0.25) is 0 Å². The zero-order valence-electron chi connectivity index (χ0n) is 22.1. The van der Waals surface area contributed by atoms with Crippen molar-refractivity contribution < 1.29 is 0 Å². The molecule has 0 aliphatic carbocycles. The fourth-order valence-electron chi connectivity index (χ4n) is 4.67. The summed E-state index contributed by atoms with van der Waals surface area (Å²) in [6, 6.07) is 34.1. The Labute approximate surface area is 223 Å². The molecule has 6 aromatic rings. The molecule has 2 aromatic heterocycles. The topological polar surface area (TPSA) is 57.4 Å². The minimum atomic E-state index is 0.711. The van der Waals surface area contributed by atoms with E-state index in [1.807, 2.05) is 0 Å². The number of imidazole rings is 2. The maximum absolute atomic E-state index is 5.10. The third-order valence-electron chi connectivity index (χ3n) is 6.96. The van der Waals surface area contributed by atoms with E-state index in [1.54, 1.807) is 0 Å². The first-order valence-electron chi connectivity index (χ1n) is 12.9. The summed E-state index contributed by atoms with van der Waals surface area (Å²) in [6.45, 7) is 8.40. The van der Waals surface area contributed by atoms with Gasteiger partial charge in [0, 0.05) is 22.3 Å². The third kappa shape index (κ3) is 4.57. The lowest BCUT2D eigenvalue weighted by molar-refractivity contribution is 1.20. The highest BCUT2D eigenvalue weighted by Crippen LogP contribution is 2.36. The Morgan fingerprint density at radius 3 is 0.921 bits per heavy atom. The largest absolute Gasteiger partial charge is 0.335 e. The average molecular weight is 495 g/mol. The van der Waals surface area contributed by atoms with Crippen molar-refractivity contribution in [1.82, 2.24) is 19.9 Å². The molecule has 38 heavy (non-hydrogen) atoms. The number of rotatable bonds is 5. The van der Waals surface area contributed by atoms with Crippen molar-refractivity contribution in [3.8, 4) is 56.7 Å². The number of hydrogen-bond acceptors (Lipinski definition) is 2. The Kier molecular flexibility index (Phi) is 6.01. The number of aromatic nitrogens is 4. The lowest BCUT2D eigenvalue weighted by Gasteiger charge is -2.04. The van der Waals surface area contributed by atoms with E-state index in [1.165, 1.54) is 22.3 Å². The van der Waals surface area contributed by atoms with Crippen molar-refractivity contribution in [2.24, 2.45) is 0 Å². The van der Waals surface area contributed by atoms with Crippen LogP contribution < -0.4 is 0 Å². The summed E-state index contributed by atoms with van der Waals surface area (Å²) in [5.74, 6) is 1.42. The summed E-state index contributed by atoms with van der Waals surface area (Å²) in [5, 5.41) is 0. The van der Waals surface area contributed by atoms with Gasteiger partial charge in [0.15, 0.2) is 11.6 Å². The van der Waals surface area contributed by atoms with E-state index in [9.17, 15) is 0 Å². The van der Waals surface area contributed by atoms with Crippen molar-refractivity contribution in [3.63, 3.8) is 0 Å². The van der Waals surface area contributed by atoms with Crippen molar-refractivity contribution in [2.75, 3.05) is 0 Å². The Bertz CT molecular complexity index is 1440. The second-order valence-corrected chi connectivity index (χ2v) is 10.1. The molecule has 6 rings (SSSR count). The Morgan fingerprint density at radius 1 is 0.368 bits per heavy atom.